The third-order valence-corrected chi connectivity index (χ3v) is 3.84. The highest BCUT2D eigenvalue weighted by Crippen LogP contribution is 2.36. The Kier molecular flexibility index (Phi) is 9.52. The summed E-state index contributed by atoms with van der Waals surface area (Å²) in [5, 5.41) is 3.80. The lowest BCUT2D eigenvalue weighted by molar-refractivity contribution is -0.119. The van der Waals surface area contributed by atoms with Crippen molar-refractivity contribution in [3.8, 4) is 11.5 Å². The zero-order chi connectivity index (χ0) is 17.9. The van der Waals surface area contributed by atoms with Crippen LogP contribution in [0.5, 0.6) is 11.5 Å². The van der Waals surface area contributed by atoms with Gasteiger partial charge in [0, 0.05) is 19.6 Å². The molecule has 0 radical (unpaired) electrons. The van der Waals surface area contributed by atoms with E-state index in [1.165, 1.54) is 0 Å². The lowest BCUT2D eigenvalue weighted by Crippen LogP contribution is -2.31. The van der Waals surface area contributed by atoms with E-state index in [0.717, 1.165) is 31.7 Å². The first kappa shape index (κ1) is 20.5. The van der Waals surface area contributed by atoms with Crippen molar-refractivity contribution in [3.05, 3.63) is 22.7 Å². The van der Waals surface area contributed by atoms with Crippen LogP contribution in [0.25, 0.3) is 0 Å². The molecule has 0 aliphatic rings. The van der Waals surface area contributed by atoms with Gasteiger partial charge in [0.25, 0.3) is 5.91 Å². The van der Waals surface area contributed by atoms with E-state index in [4.69, 9.17) is 26.8 Å². The minimum atomic E-state index is -0.560. The van der Waals surface area contributed by atoms with E-state index < -0.39 is 5.91 Å². The molecule has 0 unspecified atom stereocenters. The summed E-state index contributed by atoms with van der Waals surface area (Å²) < 4.78 is 10.9. The van der Waals surface area contributed by atoms with Gasteiger partial charge in [0.2, 0.25) is 0 Å². The Balaban J connectivity index is 2.69. The predicted molar refractivity (Wildman–Crippen MR) is 96.8 cm³/mol. The van der Waals surface area contributed by atoms with E-state index in [-0.39, 0.29) is 6.61 Å². The maximum atomic E-state index is 10.9. The number of primary amides is 1. The molecule has 0 aliphatic carbocycles. The summed E-state index contributed by atoms with van der Waals surface area (Å²) in [6.07, 6.45) is 0. The number of likely N-dealkylation sites (N-methyl/N-ethyl adjacent to an activating group) is 1. The molecule has 0 saturated heterocycles. The van der Waals surface area contributed by atoms with Crippen LogP contribution in [-0.4, -0.2) is 50.2 Å². The third-order valence-electron chi connectivity index (χ3n) is 3.56. The van der Waals surface area contributed by atoms with Crippen molar-refractivity contribution in [3.63, 3.8) is 0 Å². The molecule has 24 heavy (non-hydrogen) atoms. The summed E-state index contributed by atoms with van der Waals surface area (Å²) in [6, 6.07) is 3.68. The van der Waals surface area contributed by atoms with Gasteiger partial charge in [-0.1, -0.05) is 25.4 Å². The summed E-state index contributed by atoms with van der Waals surface area (Å²) in [7, 11) is 0. The van der Waals surface area contributed by atoms with Crippen LogP contribution < -0.4 is 20.5 Å². The van der Waals surface area contributed by atoms with E-state index in [2.05, 4.69) is 24.1 Å². The highest BCUT2D eigenvalue weighted by atomic mass is 35.5. The molecule has 7 heteroatoms. The van der Waals surface area contributed by atoms with Crippen LogP contribution in [-0.2, 0) is 11.3 Å². The summed E-state index contributed by atoms with van der Waals surface area (Å²) >= 11 is 6.27. The summed E-state index contributed by atoms with van der Waals surface area (Å²) in [5.74, 6) is 0.312. The zero-order valence-electron chi connectivity index (χ0n) is 14.7. The van der Waals surface area contributed by atoms with Crippen LogP contribution in [0.2, 0.25) is 5.02 Å². The molecule has 0 aliphatic heterocycles. The molecule has 1 rings (SSSR count). The molecule has 6 nitrogen and oxygen atoms in total. The third kappa shape index (κ3) is 6.95. The quantitative estimate of drug-likeness (QED) is 0.560. The summed E-state index contributed by atoms with van der Waals surface area (Å²) in [5.41, 5.74) is 6.11. The Morgan fingerprint density at radius 2 is 1.96 bits per heavy atom. The summed E-state index contributed by atoms with van der Waals surface area (Å²) in [4.78, 5) is 13.3. The van der Waals surface area contributed by atoms with Gasteiger partial charge in [0.1, 0.15) is 0 Å². The fraction of sp³-hybridized carbons (Fsp3) is 0.588. The number of nitrogens with two attached hydrogens (primary N) is 1. The second-order valence-corrected chi connectivity index (χ2v) is 5.70. The number of rotatable bonds is 12. The smallest absolute Gasteiger partial charge is 0.255 e. The topological polar surface area (TPSA) is 76.8 Å². The Morgan fingerprint density at radius 1 is 1.25 bits per heavy atom. The zero-order valence-corrected chi connectivity index (χ0v) is 15.5. The van der Waals surface area contributed by atoms with Crippen molar-refractivity contribution in [2.45, 2.75) is 27.3 Å². The van der Waals surface area contributed by atoms with Crippen LogP contribution >= 0.6 is 11.6 Å². The lowest BCUT2D eigenvalue weighted by atomic mass is 10.2. The Hall–Kier alpha value is -1.50. The number of amides is 1. The number of hydrogen-bond donors (Lipinski definition) is 2. The van der Waals surface area contributed by atoms with E-state index >= 15 is 0 Å². The number of ether oxygens (including phenoxy) is 2. The monoisotopic (exact) mass is 357 g/mol. The molecule has 136 valence electrons. The predicted octanol–water partition coefficient (Wildman–Crippen LogP) is 2.03. The van der Waals surface area contributed by atoms with Crippen LogP contribution in [0, 0.1) is 0 Å². The van der Waals surface area contributed by atoms with Gasteiger partial charge in [0.05, 0.1) is 11.6 Å². The van der Waals surface area contributed by atoms with Crippen LogP contribution in [0.1, 0.15) is 26.3 Å². The number of carbonyl (C=O) groups is 1. The number of benzene rings is 1. The van der Waals surface area contributed by atoms with E-state index in [1.807, 2.05) is 19.1 Å². The Bertz CT molecular complexity index is 522. The van der Waals surface area contributed by atoms with E-state index in [1.54, 1.807) is 0 Å². The molecular formula is C17H28ClN3O3. The van der Waals surface area contributed by atoms with Crippen LogP contribution in [0.3, 0.4) is 0 Å². The van der Waals surface area contributed by atoms with Crippen molar-refractivity contribution in [1.29, 1.82) is 0 Å². The largest absolute Gasteiger partial charge is 0.490 e. The first-order chi connectivity index (χ1) is 11.5. The molecule has 0 atom stereocenters. The Labute approximate surface area is 149 Å². The minimum Gasteiger partial charge on any atom is -0.490 e. The molecular weight excluding hydrogens is 330 g/mol. The fourth-order valence-electron chi connectivity index (χ4n) is 2.28. The van der Waals surface area contributed by atoms with Gasteiger partial charge < -0.3 is 25.4 Å². The molecule has 1 aromatic rings. The lowest BCUT2D eigenvalue weighted by Gasteiger charge is -2.18. The van der Waals surface area contributed by atoms with Crippen molar-refractivity contribution < 1.29 is 14.3 Å². The van der Waals surface area contributed by atoms with Crippen molar-refractivity contribution in [2.75, 3.05) is 39.4 Å². The molecule has 0 aromatic heterocycles. The average Bonchev–Trinajstić information content (AvgIpc) is 2.54. The molecule has 0 fully saturated rings. The number of hydrogen-bond acceptors (Lipinski definition) is 5. The highest BCUT2D eigenvalue weighted by molar-refractivity contribution is 6.32. The average molecular weight is 358 g/mol. The molecule has 0 saturated carbocycles. The van der Waals surface area contributed by atoms with Crippen molar-refractivity contribution in [2.24, 2.45) is 5.73 Å². The summed E-state index contributed by atoms with van der Waals surface area (Å²) in [6.45, 7) is 11.1. The maximum absolute atomic E-state index is 10.9. The highest BCUT2D eigenvalue weighted by Gasteiger charge is 2.13. The Morgan fingerprint density at radius 3 is 2.54 bits per heavy atom. The number of halogens is 1. The second kappa shape index (κ2) is 11.1. The maximum Gasteiger partial charge on any atom is 0.255 e. The second-order valence-electron chi connectivity index (χ2n) is 5.30. The van der Waals surface area contributed by atoms with Gasteiger partial charge in [-0.3, -0.25) is 4.79 Å². The molecule has 0 heterocycles. The number of carbonyl (C=O) groups excluding carboxylic acids is 1. The van der Waals surface area contributed by atoms with Gasteiger partial charge in [-0.25, -0.2) is 0 Å². The van der Waals surface area contributed by atoms with Gasteiger partial charge in [-0.15, -0.1) is 0 Å². The molecule has 3 N–H and O–H groups in total. The van der Waals surface area contributed by atoms with Gasteiger partial charge in [-0.05, 0) is 37.7 Å². The van der Waals surface area contributed by atoms with Gasteiger partial charge in [0.15, 0.2) is 18.1 Å². The van der Waals surface area contributed by atoms with E-state index in [9.17, 15) is 4.79 Å². The minimum absolute atomic E-state index is 0.235. The number of nitrogens with zero attached hydrogens (tertiary/aromatic N) is 1. The standard InChI is InChI=1S/C17H28ClN3O3/c1-4-21(5-2)8-7-20-11-13-9-14(18)17(24-12-16(19)22)15(10-13)23-6-3/h9-10,20H,4-8,11-12H2,1-3H3,(H2,19,22). The van der Waals surface area contributed by atoms with Gasteiger partial charge in [-0.2, -0.15) is 0 Å². The van der Waals surface area contributed by atoms with Gasteiger partial charge >= 0.3 is 0 Å². The normalized spacial score (nSPS) is 10.9. The fourth-order valence-corrected chi connectivity index (χ4v) is 2.57. The molecule has 0 bridgehead atoms. The van der Waals surface area contributed by atoms with Crippen LogP contribution in [0.4, 0.5) is 0 Å². The van der Waals surface area contributed by atoms with Crippen molar-refractivity contribution >= 4 is 17.5 Å². The molecule has 0 spiro atoms. The van der Waals surface area contributed by atoms with Crippen LogP contribution in [0.15, 0.2) is 12.1 Å². The molecule has 1 amide bonds. The first-order valence-electron chi connectivity index (χ1n) is 8.31. The first-order valence-corrected chi connectivity index (χ1v) is 8.68. The SMILES string of the molecule is CCOc1cc(CNCCN(CC)CC)cc(Cl)c1OCC(N)=O. The van der Waals surface area contributed by atoms with E-state index in [0.29, 0.717) is 29.7 Å². The molecule has 1 aromatic carbocycles. The number of nitrogens with one attached hydrogen (secondary N) is 1. The van der Waals surface area contributed by atoms with Crippen molar-refractivity contribution in [1.82, 2.24) is 10.2 Å².